The highest BCUT2D eigenvalue weighted by Crippen LogP contribution is 2.23. The van der Waals surface area contributed by atoms with Crippen molar-refractivity contribution < 1.29 is 9.59 Å². The van der Waals surface area contributed by atoms with E-state index in [-0.39, 0.29) is 18.5 Å². The van der Waals surface area contributed by atoms with Crippen LogP contribution in [0.1, 0.15) is 26.4 Å². The van der Waals surface area contributed by atoms with Crippen molar-refractivity contribution in [2.75, 3.05) is 0 Å². The van der Waals surface area contributed by atoms with E-state index in [1.165, 1.54) is 4.90 Å². The molecule has 0 spiro atoms. The van der Waals surface area contributed by atoms with Crippen LogP contribution in [0.3, 0.4) is 0 Å². The van der Waals surface area contributed by atoms with E-state index in [2.05, 4.69) is 9.97 Å². The second-order valence-corrected chi connectivity index (χ2v) is 5.69. The molecule has 0 saturated carbocycles. The van der Waals surface area contributed by atoms with Crippen LogP contribution >= 0.6 is 0 Å². The quantitative estimate of drug-likeness (QED) is 0.696. The molecule has 6 nitrogen and oxygen atoms in total. The molecular formula is C18H14N4O2. The van der Waals surface area contributed by atoms with E-state index in [0.29, 0.717) is 11.1 Å². The largest absolute Gasteiger partial charge is 0.318 e. The third-order valence-corrected chi connectivity index (χ3v) is 4.02. The minimum atomic E-state index is -0.275. The van der Waals surface area contributed by atoms with E-state index in [4.69, 9.17) is 0 Å². The Kier molecular flexibility index (Phi) is 3.23. The maximum Gasteiger partial charge on any atom is 0.263 e. The third-order valence-electron chi connectivity index (χ3n) is 4.02. The van der Waals surface area contributed by atoms with Crippen LogP contribution in [0.4, 0.5) is 0 Å². The summed E-state index contributed by atoms with van der Waals surface area (Å²) in [5.41, 5.74) is 3.47. The van der Waals surface area contributed by atoms with Crippen LogP contribution in [0, 0.1) is 6.92 Å². The number of imidazole rings is 1. The molecule has 118 valence electrons. The lowest BCUT2D eigenvalue weighted by Gasteiger charge is -2.13. The Balaban J connectivity index is 1.58. The number of hydrogen-bond donors (Lipinski definition) is 0. The first kappa shape index (κ1) is 14.3. The number of pyridine rings is 1. The van der Waals surface area contributed by atoms with Gasteiger partial charge in [0, 0.05) is 23.7 Å². The van der Waals surface area contributed by atoms with E-state index in [0.717, 1.165) is 17.0 Å². The minimum absolute atomic E-state index is 0.138. The topological polar surface area (TPSA) is 68.1 Å². The fraction of sp³-hybridized carbons (Fsp3) is 0.111. The van der Waals surface area contributed by atoms with Crippen LogP contribution in [0.5, 0.6) is 0 Å². The summed E-state index contributed by atoms with van der Waals surface area (Å²) < 4.78 is 1.72. The number of carbonyl (C=O) groups is 2. The van der Waals surface area contributed by atoms with Gasteiger partial charge in [-0.15, -0.1) is 0 Å². The van der Waals surface area contributed by atoms with Crippen LogP contribution in [-0.2, 0) is 6.67 Å². The maximum absolute atomic E-state index is 12.4. The van der Waals surface area contributed by atoms with Crippen LogP contribution in [0.2, 0.25) is 0 Å². The summed E-state index contributed by atoms with van der Waals surface area (Å²) in [6, 6.07) is 10.7. The molecule has 0 bridgehead atoms. The summed E-state index contributed by atoms with van der Waals surface area (Å²) in [5.74, 6) is -0.550. The van der Waals surface area contributed by atoms with Gasteiger partial charge in [-0.05, 0) is 31.2 Å². The molecule has 0 aliphatic carbocycles. The average molecular weight is 318 g/mol. The fourth-order valence-corrected chi connectivity index (χ4v) is 2.74. The highest BCUT2D eigenvalue weighted by Gasteiger charge is 2.35. The van der Waals surface area contributed by atoms with E-state index in [9.17, 15) is 9.59 Å². The molecule has 0 unspecified atom stereocenters. The zero-order valence-corrected chi connectivity index (χ0v) is 13.0. The van der Waals surface area contributed by atoms with Gasteiger partial charge < -0.3 is 4.57 Å². The number of hydrogen-bond acceptors (Lipinski definition) is 4. The first-order chi connectivity index (χ1) is 11.6. The highest BCUT2D eigenvalue weighted by atomic mass is 16.2. The summed E-state index contributed by atoms with van der Waals surface area (Å²) in [6.07, 6.45) is 5.17. The Hall–Kier alpha value is -3.28. The van der Waals surface area contributed by atoms with E-state index < -0.39 is 0 Å². The highest BCUT2D eigenvalue weighted by molar-refractivity contribution is 6.21. The van der Waals surface area contributed by atoms with Gasteiger partial charge in [0.05, 0.1) is 23.1 Å². The lowest BCUT2D eigenvalue weighted by molar-refractivity contribution is 0.0606. The predicted octanol–water partition coefficient (Wildman–Crippen LogP) is 2.51. The molecule has 0 radical (unpaired) electrons. The van der Waals surface area contributed by atoms with Gasteiger partial charge in [0.25, 0.3) is 11.8 Å². The molecule has 0 fully saturated rings. The Labute approximate surface area is 138 Å². The summed E-state index contributed by atoms with van der Waals surface area (Å²) in [6.45, 7) is 2.06. The number of aryl methyl sites for hydroxylation is 1. The summed E-state index contributed by atoms with van der Waals surface area (Å²) in [4.78, 5) is 34.6. The molecule has 24 heavy (non-hydrogen) atoms. The van der Waals surface area contributed by atoms with Gasteiger partial charge in [0.15, 0.2) is 0 Å². The summed E-state index contributed by atoms with van der Waals surface area (Å²) in [5, 5.41) is 0. The number of carbonyl (C=O) groups excluding carboxylic acids is 2. The molecule has 4 rings (SSSR count). The van der Waals surface area contributed by atoms with Crippen molar-refractivity contribution in [2.24, 2.45) is 0 Å². The molecule has 3 aromatic rings. The number of benzene rings is 1. The second-order valence-electron chi connectivity index (χ2n) is 5.69. The van der Waals surface area contributed by atoms with Crippen LogP contribution in [-0.4, -0.2) is 31.2 Å². The van der Waals surface area contributed by atoms with Gasteiger partial charge in [-0.1, -0.05) is 12.1 Å². The fourth-order valence-electron chi connectivity index (χ4n) is 2.74. The zero-order chi connectivity index (χ0) is 16.7. The Bertz CT molecular complexity index is 909. The van der Waals surface area contributed by atoms with E-state index >= 15 is 0 Å². The van der Waals surface area contributed by atoms with E-state index in [1.54, 1.807) is 47.6 Å². The SMILES string of the molecule is Cc1ccc(-c2cn(CN3C(=O)c4ccccc4C3=O)cn2)cn1. The van der Waals surface area contributed by atoms with Gasteiger partial charge in [0.2, 0.25) is 0 Å². The molecule has 2 aromatic heterocycles. The van der Waals surface area contributed by atoms with Crippen LogP contribution in [0.15, 0.2) is 55.1 Å². The van der Waals surface area contributed by atoms with Crippen molar-refractivity contribution in [3.8, 4) is 11.3 Å². The Morgan fingerprint density at radius 3 is 2.29 bits per heavy atom. The van der Waals surface area contributed by atoms with Crippen LogP contribution in [0.25, 0.3) is 11.3 Å². The zero-order valence-electron chi connectivity index (χ0n) is 13.0. The van der Waals surface area contributed by atoms with Gasteiger partial charge in [-0.2, -0.15) is 0 Å². The number of imide groups is 1. The maximum atomic E-state index is 12.4. The standard InChI is InChI=1S/C18H14N4O2/c1-12-6-7-13(8-19-12)16-9-21(10-20-16)11-22-17(23)14-4-2-3-5-15(14)18(22)24/h2-10H,11H2,1H3. The van der Waals surface area contributed by atoms with Gasteiger partial charge >= 0.3 is 0 Å². The molecule has 0 saturated heterocycles. The molecule has 6 heteroatoms. The molecular weight excluding hydrogens is 304 g/mol. The lowest BCUT2D eigenvalue weighted by Crippen LogP contribution is -2.31. The normalized spacial score (nSPS) is 13.5. The predicted molar refractivity (Wildman–Crippen MR) is 87.1 cm³/mol. The third kappa shape index (κ3) is 2.28. The number of amides is 2. The summed E-state index contributed by atoms with van der Waals surface area (Å²) in [7, 11) is 0. The molecule has 2 amide bonds. The smallest absolute Gasteiger partial charge is 0.263 e. The first-order valence-corrected chi connectivity index (χ1v) is 7.53. The molecule has 1 aliphatic rings. The molecule has 0 N–H and O–H groups in total. The number of aromatic nitrogens is 3. The van der Waals surface area contributed by atoms with Gasteiger partial charge in [-0.25, -0.2) is 4.98 Å². The first-order valence-electron chi connectivity index (χ1n) is 7.53. The van der Waals surface area contributed by atoms with Crippen molar-refractivity contribution >= 4 is 11.8 Å². The van der Waals surface area contributed by atoms with Crippen molar-refractivity contribution in [3.63, 3.8) is 0 Å². The average Bonchev–Trinajstić information content (AvgIpc) is 3.16. The molecule has 0 atom stereocenters. The van der Waals surface area contributed by atoms with Crippen LogP contribution < -0.4 is 0 Å². The van der Waals surface area contributed by atoms with Crippen molar-refractivity contribution in [1.82, 2.24) is 19.4 Å². The second kappa shape index (κ2) is 5.42. The number of rotatable bonds is 3. The monoisotopic (exact) mass is 318 g/mol. The lowest BCUT2D eigenvalue weighted by atomic mass is 10.1. The van der Waals surface area contributed by atoms with Crippen molar-refractivity contribution in [3.05, 3.63) is 71.9 Å². The summed E-state index contributed by atoms with van der Waals surface area (Å²) >= 11 is 0. The number of nitrogens with zero attached hydrogens (tertiary/aromatic N) is 4. The Morgan fingerprint density at radius 1 is 0.958 bits per heavy atom. The van der Waals surface area contributed by atoms with Crippen molar-refractivity contribution in [1.29, 1.82) is 0 Å². The van der Waals surface area contributed by atoms with Gasteiger partial charge in [0.1, 0.15) is 6.67 Å². The Morgan fingerprint density at radius 2 is 1.67 bits per heavy atom. The van der Waals surface area contributed by atoms with Crippen molar-refractivity contribution in [2.45, 2.75) is 13.6 Å². The molecule has 1 aromatic carbocycles. The molecule has 1 aliphatic heterocycles. The number of fused-ring (bicyclic) bond motifs is 1. The van der Waals surface area contributed by atoms with Gasteiger partial charge in [-0.3, -0.25) is 19.5 Å². The van der Waals surface area contributed by atoms with E-state index in [1.807, 2.05) is 19.1 Å². The minimum Gasteiger partial charge on any atom is -0.318 e. The molecule has 3 heterocycles.